The zero-order chi connectivity index (χ0) is 16.1. The van der Waals surface area contributed by atoms with Crippen LogP contribution in [0.4, 0.5) is 17.2 Å². The first kappa shape index (κ1) is 15.3. The number of methoxy groups -OCH3 is 2. The van der Waals surface area contributed by atoms with E-state index in [1.165, 1.54) is 32.4 Å². The number of nitrogens with zero attached hydrogens (tertiary/aromatic N) is 1. The number of carbonyl (C=O) groups is 2. The number of carbonyl (C=O) groups excluding carboxylic acids is 2. The molecule has 2 rings (SSSR count). The number of nitrogen functional groups attached to an aromatic ring is 1. The molecule has 22 heavy (non-hydrogen) atoms. The van der Waals surface area contributed by atoms with Crippen LogP contribution in [0, 0.1) is 0 Å². The zero-order valence-corrected chi connectivity index (χ0v) is 12.1. The summed E-state index contributed by atoms with van der Waals surface area (Å²) in [6, 6.07) is 7.84. The predicted octanol–water partition coefficient (Wildman–Crippen LogP) is 1.98. The van der Waals surface area contributed by atoms with Crippen LogP contribution in [0.3, 0.4) is 0 Å². The van der Waals surface area contributed by atoms with Gasteiger partial charge in [0.05, 0.1) is 31.0 Å². The molecule has 3 N–H and O–H groups in total. The van der Waals surface area contributed by atoms with Crippen molar-refractivity contribution in [1.82, 2.24) is 4.98 Å². The highest BCUT2D eigenvalue weighted by molar-refractivity contribution is 5.97. The number of hydrogen-bond acceptors (Lipinski definition) is 7. The van der Waals surface area contributed by atoms with Crippen LogP contribution in [0.5, 0.6) is 0 Å². The Morgan fingerprint density at radius 2 is 1.68 bits per heavy atom. The second-order valence-corrected chi connectivity index (χ2v) is 4.35. The summed E-state index contributed by atoms with van der Waals surface area (Å²) in [5.74, 6) is -0.717. The molecule has 114 valence electrons. The molecule has 2 aromatic rings. The van der Waals surface area contributed by atoms with Crippen LogP contribution < -0.4 is 11.1 Å². The van der Waals surface area contributed by atoms with Gasteiger partial charge in [-0.05, 0) is 30.3 Å². The van der Waals surface area contributed by atoms with Gasteiger partial charge in [-0.1, -0.05) is 0 Å². The Balaban J connectivity index is 2.44. The molecule has 0 spiro atoms. The lowest BCUT2D eigenvalue weighted by atomic mass is 10.1. The molecule has 0 aliphatic heterocycles. The summed E-state index contributed by atoms with van der Waals surface area (Å²) in [4.78, 5) is 27.5. The topological polar surface area (TPSA) is 104 Å². The van der Waals surface area contributed by atoms with Crippen molar-refractivity contribution in [3.63, 3.8) is 0 Å². The molecular weight excluding hydrogens is 286 g/mol. The molecule has 0 aliphatic carbocycles. The largest absolute Gasteiger partial charge is 0.465 e. The molecule has 0 radical (unpaired) electrons. The van der Waals surface area contributed by atoms with Crippen LogP contribution in [0.15, 0.2) is 36.5 Å². The van der Waals surface area contributed by atoms with E-state index in [0.29, 0.717) is 17.2 Å². The van der Waals surface area contributed by atoms with E-state index in [1.54, 1.807) is 18.3 Å². The predicted molar refractivity (Wildman–Crippen MR) is 81.1 cm³/mol. The standard InChI is InChI=1S/C15H15N3O4/c1-21-14(19)9-6-10(15(20)22-2)8-11(7-9)18-13-12(16)4-3-5-17-13/h3-8H,16H2,1-2H3,(H,17,18). The minimum Gasteiger partial charge on any atom is -0.465 e. The Morgan fingerprint density at radius 3 is 2.18 bits per heavy atom. The Kier molecular flexibility index (Phi) is 4.57. The third kappa shape index (κ3) is 3.32. The molecule has 7 heteroatoms. The quantitative estimate of drug-likeness (QED) is 0.832. The SMILES string of the molecule is COC(=O)c1cc(Nc2ncccc2N)cc(C(=O)OC)c1. The second-order valence-electron chi connectivity index (χ2n) is 4.35. The maximum absolute atomic E-state index is 11.7. The molecule has 0 atom stereocenters. The summed E-state index contributed by atoms with van der Waals surface area (Å²) in [7, 11) is 2.52. The van der Waals surface area contributed by atoms with Crippen molar-refractivity contribution >= 4 is 29.1 Å². The van der Waals surface area contributed by atoms with Gasteiger partial charge < -0.3 is 20.5 Å². The first-order valence-electron chi connectivity index (χ1n) is 6.34. The number of rotatable bonds is 4. The maximum atomic E-state index is 11.7. The number of pyridine rings is 1. The molecule has 0 amide bonds. The molecule has 1 heterocycles. The van der Waals surface area contributed by atoms with Gasteiger partial charge in [0.1, 0.15) is 0 Å². The molecule has 0 unspecified atom stereocenters. The van der Waals surface area contributed by atoms with Gasteiger partial charge >= 0.3 is 11.9 Å². The molecular formula is C15H15N3O4. The van der Waals surface area contributed by atoms with Crippen molar-refractivity contribution < 1.29 is 19.1 Å². The fraction of sp³-hybridized carbons (Fsp3) is 0.133. The van der Waals surface area contributed by atoms with Gasteiger partial charge in [-0.25, -0.2) is 14.6 Å². The first-order chi connectivity index (χ1) is 10.5. The van der Waals surface area contributed by atoms with Crippen LogP contribution in [-0.4, -0.2) is 31.1 Å². The summed E-state index contributed by atoms with van der Waals surface area (Å²) in [6.07, 6.45) is 1.57. The summed E-state index contributed by atoms with van der Waals surface area (Å²) in [5, 5.41) is 2.96. The van der Waals surface area contributed by atoms with Crippen LogP contribution in [0.2, 0.25) is 0 Å². The highest BCUT2D eigenvalue weighted by atomic mass is 16.5. The number of hydrogen-bond donors (Lipinski definition) is 2. The van der Waals surface area contributed by atoms with E-state index in [1.807, 2.05) is 0 Å². The van der Waals surface area contributed by atoms with Crippen molar-refractivity contribution in [2.75, 3.05) is 25.3 Å². The molecule has 1 aromatic heterocycles. The minimum absolute atomic E-state index is 0.211. The van der Waals surface area contributed by atoms with Crippen LogP contribution in [0.25, 0.3) is 0 Å². The lowest BCUT2D eigenvalue weighted by molar-refractivity contribution is 0.0599. The average Bonchev–Trinajstić information content (AvgIpc) is 2.55. The van der Waals surface area contributed by atoms with E-state index >= 15 is 0 Å². The number of benzene rings is 1. The van der Waals surface area contributed by atoms with Gasteiger partial charge in [0, 0.05) is 11.9 Å². The second kappa shape index (κ2) is 6.57. The number of nitrogens with two attached hydrogens (primary N) is 1. The fourth-order valence-corrected chi connectivity index (χ4v) is 1.83. The molecule has 1 aromatic carbocycles. The molecule has 7 nitrogen and oxygen atoms in total. The Morgan fingerprint density at radius 1 is 1.09 bits per heavy atom. The van der Waals surface area contributed by atoms with E-state index in [2.05, 4.69) is 19.8 Å². The number of esters is 2. The molecule has 0 bridgehead atoms. The Labute approximate surface area is 127 Å². The Hall–Kier alpha value is -3.09. The number of ether oxygens (including phenoxy) is 2. The summed E-state index contributed by atoms with van der Waals surface area (Å²) >= 11 is 0. The number of aromatic nitrogens is 1. The molecule has 0 fully saturated rings. The third-order valence-electron chi connectivity index (χ3n) is 2.88. The van der Waals surface area contributed by atoms with Gasteiger partial charge in [-0.3, -0.25) is 0 Å². The third-order valence-corrected chi connectivity index (χ3v) is 2.88. The zero-order valence-electron chi connectivity index (χ0n) is 12.1. The minimum atomic E-state index is -0.567. The van der Waals surface area contributed by atoms with Crippen molar-refractivity contribution in [3.05, 3.63) is 47.7 Å². The lowest BCUT2D eigenvalue weighted by Gasteiger charge is -2.11. The van der Waals surface area contributed by atoms with E-state index in [4.69, 9.17) is 5.73 Å². The van der Waals surface area contributed by atoms with Crippen molar-refractivity contribution in [3.8, 4) is 0 Å². The molecule has 0 saturated carbocycles. The summed E-state index contributed by atoms with van der Waals surface area (Å²) in [6.45, 7) is 0. The number of anilines is 3. The monoisotopic (exact) mass is 301 g/mol. The van der Waals surface area contributed by atoms with Gasteiger partial charge in [-0.15, -0.1) is 0 Å². The molecule has 0 saturated heterocycles. The number of nitrogens with one attached hydrogen (secondary N) is 1. The fourth-order valence-electron chi connectivity index (χ4n) is 1.83. The highest BCUT2D eigenvalue weighted by Crippen LogP contribution is 2.23. The highest BCUT2D eigenvalue weighted by Gasteiger charge is 2.14. The summed E-state index contributed by atoms with van der Waals surface area (Å²) in [5.41, 5.74) is 7.13. The first-order valence-corrected chi connectivity index (χ1v) is 6.34. The lowest BCUT2D eigenvalue weighted by Crippen LogP contribution is -2.08. The van der Waals surface area contributed by atoms with Gasteiger partial charge in [-0.2, -0.15) is 0 Å². The van der Waals surface area contributed by atoms with Crippen molar-refractivity contribution in [1.29, 1.82) is 0 Å². The van der Waals surface area contributed by atoms with Crippen LogP contribution >= 0.6 is 0 Å². The van der Waals surface area contributed by atoms with E-state index in [0.717, 1.165) is 0 Å². The van der Waals surface area contributed by atoms with Gasteiger partial charge in [0.2, 0.25) is 0 Å². The van der Waals surface area contributed by atoms with Gasteiger partial charge in [0.25, 0.3) is 0 Å². The van der Waals surface area contributed by atoms with E-state index in [9.17, 15) is 9.59 Å². The normalized spacial score (nSPS) is 9.91. The van der Waals surface area contributed by atoms with Crippen LogP contribution in [-0.2, 0) is 9.47 Å². The average molecular weight is 301 g/mol. The van der Waals surface area contributed by atoms with E-state index in [-0.39, 0.29) is 11.1 Å². The Bertz CT molecular complexity index is 681. The van der Waals surface area contributed by atoms with Gasteiger partial charge in [0.15, 0.2) is 5.82 Å². The summed E-state index contributed by atoms with van der Waals surface area (Å²) < 4.78 is 9.35. The smallest absolute Gasteiger partial charge is 0.337 e. The van der Waals surface area contributed by atoms with E-state index < -0.39 is 11.9 Å². The van der Waals surface area contributed by atoms with Crippen molar-refractivity contribution in [2.24, 2.45) is 0 Å². The molecule has 0 aliphatic rings. The van der Waals surface area contributed by atoms with Crippen molar-refractivity contribution in [2.45, 2.75) is 0 Å². The maximum Gasteiger partial charge on any atom is 0.337 e. The van der Waals surface area contributed by atoms with Crippen LogP contribution in [0.1, 0.15) is 20.7 Å².